The van der Waals surface area contributed by atoms with Crippen molar-refractivity contribution in [2.24, 2.45) is 0 Å². The monoisotopic (exact) mass is 297 g/mol. The molecule has 104 valence electrons. The van der Waals surface area contributed by atoms with Gasteiger partial charge in [0.25, 0.3) is 0 Å². The fourth-order valence-corrected chi connectivity index (χ4v) is 2.33. The second kappa shape index (κ2) is 5.42. The molecule has 0 aliphatic heterocycles. The highest BCUT2D eigenvalue weighted by Crippen LogP contribution is 2.24. The highest BCUT2D eigenvalue weighted by molar-refractivity contribution is 6.31. The molecule has 3 aromatic rings. The van der Waals surface area contributed by atoms with E-state index in [2.05, 4.69) is 4.98 Å². The zero-order valence-electron chi connectivity index (χ0n) is 11.0. The third kappa shape index (κ3) is 2.53. The maximum absolute atomic E-state index is 12.7. The van der Waals surface area contributed by atoms with Gasteiger partial charge in [-0.3, -0.25) is 9.36 Å². The fraction of sp³-hybridized carbons (Fsp3) is 0. The zero-order valence-corrected chi connectivity index (χ0v) is 11.8. The van der Waals surface area contributed by atoms with Crippen LogP contribution < -0.4 is 5.73 Å². The Morgan fingerprint density at radius 2 is 1.90 bits per heavy atom. The lowest BCUT2D eigenvalue weighted by atomic mass is 10.0. The largest absolute Gasteiger partial charge is 0.369 e. The number of nitrogens with zero attached hydrogens (tertiary/aromatic N) is 2. The molecule has 2 N–H and O–H groups in total. The van der Waals surface area contributed by atoms with Crippen LogP contribution in [0.15, 0.2) is 60.9 Å². The summed E-state index contributed by atoms with van der Waals surface area (Å²) in [5.41, 5.74) is 7.58. The van der Waals surface area contributed by atoms with E-state index in [1.54, 1.807) is 47.3 Å². The second-order valence-electron chi connectivity index (χ2n) is 4.51. The number of aromatic nitrogens is 2. The molecule has 0 amide bonds. The number of anilines is 1. The highest BCUT2D eigenvalue weighted by atomic mass is 35.5. The molecule has 0 aliphatic carbocycles. The van der Waals surface area contributed by atoms with Crippen molar-refractivity contribution < 1.29 is 4.79 Å². The lowest BCUT2D eigenvalue weighted by molar-refractivity contribution is 0.103. The Morgan fingerprint density at radius 3 is 2.57 bits per heavy atom. The van der Waals surface area contributed by atoms with Gasteiger partial charge in [0.1, 0.15) is 0 Å². The van der Waals surface area contributed by atoms with E-state index >= 15 is 0 Å². The van der Waals surface area contributed by atoms with E-state index in [1.165, 1.54) is 0 Å². The molecule has 1 aromatic heterocycles. The van der Waals surface area contributed by atoms with E-state index < -0.39 is 0 Å². The van der Waals surface area contributed by atoms with Gasteiger partial charge >= 0.3 is 0 Å². The van der Waals surface area contributed by atoms with Crippen molar-refractivity contribution in [1.29, 1.82) is 0 Å². The first kappa shape index (κ1) is 13.4. The summed E-state index contributed by atoms with van der Waals surface area (Å²) in [5.74, 6) is 0.217. The SMILES string of the molecule is Nc1nccn1-c1cc(Cl)ccc1C(=O)c1ccccc1. The molecule has 0 radical (unpaired) electrons. The predicted molar refractivity (Wildman–Crippen MR) is 82.9 cm³/mol. The molecule has 5 heteroatoms. The number of imidazole rings is 1. The molecule has 0 fully saturated rings. The zero-order chi connectivity index (χ0) is 14.8. The summed E-state index contributed by atoms with van der Waals surface area (Å²) in [5, 5.41) is 0.530. The summed E-state index contributed by atoms with van der Waals surface area (Å²) in [4.78, 5) is 16.6. The molecule has 2 aromatic carbocycles. The number of hydrogen-bond acceptors (Lipinski definition) is 3. The van der Waals surface area contributed by atoms with Crippen LogP contribution in [0.25, 0.3) is 5.69 Å². The Labute approximate surface area is 126 Å². The van der Waals surface area contributed by atoms with E-state index in [9.17, 15) is 4.79 Å². The molecular weight excluding hydrogens is 286 g/mol. The minimum Gasteiger partial charge on any atom is -0.369 e. The number of halogens is 1. The summed E-state index contributed by atoms with van der Waals surface area (Å²) in [6.07, 6.45) is 3.27. The highest BCUT2D eigenvalue weighted by Gasteiger charge is 2.16. The molecule has 4 nitrogen and oxygen atoms in total. The molecule has 0 saturated carbocycles. The summed E-state index contributed by atoms with van der Waals surface area (Å²) < 4.78 is 1.64. The third-order valence-electron chi connectivity index (χ3n) is 3.17. The van der Waals surface area contributed by atoms with Gasteiger partial charge in [-0.05, 0) is 18.2 Å². The Kier molecular flexibility index (Phi) is 3.46. The van der Waals surface area contributed by atoms with E-state index in [-0.39, 0.29) is 5.78 Å². The third-order valence-corrected chi connectivity index (χ3v) is 3.40. The number of carbonyl (C=O) groups excluding carboxylic acids is 1. The average molecular weight is 298 g/mol. The fourth-order valence-electron chi connectivity index (χ4n) is 2.16. The van der Waals surface area contributed by atoms with Crippen LogP contribution in [0.1, 0.15) is 15.9 Å². The van der Waals surface area contributed by atoms with Crippen molar-refractivity contribution in [2.75, 3.05) is 5.73 Å². The normalized spacial score (nSPS) is 10.5. The van der Waals surface area contributed by atoms with E-state index in [4.69, 9.17) is 17.3 Å². The Bertz CT molecular complexity index is 796. The summed E-state index contributed by atoms with van der Waals surface area (Å²) in [6, 6.07) is 14.2. The molecule has 0 atom stereocenters. The van der Waals surface area contributed by atoms with Crippen LogP contribution in [0, 0.1) is 0 Å². The molecule has 0 saturated heterocycles. The standard InChI is InChI=1S/C16H12ClN3O/c17-12-6-7-13(15(21)11-4-2-1-3-5-11)14(10-12)20-9-8-19-16(20)18/h1-10H,(H2,18,19). The topological polar surface area (TPSA) is 60.9 Å². The maximum Gasteiger partial charge on any atom is 0.204 e. The summed E-state index contributed by atoms with van der Waals surface area (Å²) in [7, 11) is 0. The van der Waals surface area contributed by atoms with Crippen LogP contribution in [0.4, 0.5) is 5.95 Å². The maximum atomic E-state index is 12.7. The molecular formula is C16H12ClN3O. The molecule has 0 aliphatic rings. The van der Waals surface area contributed by atoms with E-state index in [0.29, 0.717) is 27.8 Å². The first-order chi connectivity index (χ1) is 10.2. The molecule has 0 spiro atoms. The van der Waals surface area contributed by atoms with Gasteiger partial charge in [-0.2, -0.15) is 0 Å². The smallest absolute Gasteiger partial charge is 0.204 e. The lowest BCUT2D eigenvalue weighted by Crippen LogP contribution is -2.09. The summed E-state index contributed by atoms with van der Waals surface area (Å²) in [6.45, 7) is 0. The Hall–Kier alpha value is -2.59. The van der Waals surface area contributed by atoms with Gasteiger partial charge < -0.3 is 5.73 Å². The van der Waals surface area contributed by atoms with Crippen molar-refractivity contribution in [2.45, 2.75) is 0 Å². The number of nitrogens with two attached hydrogens (primary N) is 1. The van der Waals surface area contributed by atoms with Crippen molar-refractivity contribution in [1.82, 2.24) is 9.55 Å². The number of benzene rings is 2. The average Bonchev–Trinajstić information content (AvgIpc) is 2.93. The summed E-state index contributed by atoms with van der Waals surface area (Å²) >= 11 is 6.05. The van der Waals surface area contributed by atoms with Gasteiger partial charge in [0, 0.05) is 28.5 Å². The van der Waals surface area contributed by atoms with E-state index in [0.717, 1.165) is 0 Å². The number of ketones is 1. The van der Waals surface area contributed by atoms with Gasteiger partial charge in [-0.25, -0.2) is 4.98 Å². The predicted octanol–water partition coefficient (Wildman–Crippen LogP) is 3.34. The van der Waals surface area contributed by atoms with E-state index in [1.807, 2.05) is 18.2 Å². The van der Waals surface area contributed by atoms with Crippen LogP contribution in [0.5, 0.6) is 0 Å². The van der Waals surface area contributed by atoms with Gasteiger partial charge in [-0.15, -0.1) is 0 Å². The van der Waals surface area contributed by atoms with Gasteiger partial charge in [0.05, 0.1) is 5.69 Å². The van der Waals surface area contributed by atoms with Crippen LogP contribution >= 0.6 is 11.6 Å². The van der Waals surface area contributed by atoms with Crippen LogP contribution in [-0.2, 0) is 0 Å². The lowest BCUT2D eigenvalue weighted by Gasteiger charge is -2.11. The van der Waals surface area contributed by atoms with Crippen molar-refractivity contribution in [3.63, 3.8) is 0 Å². The van der Waals surface area contributed by atoms with Crippen molar-refractivity contribution >= 4 is 23.3 Å². The Morgan fingerprint density at radius 1 is 1.14 bits per heavy atom. The number of rotatable bonds is 3. The Balaban J connectivity index is 2.16. The number of carbonyl (C=O) groups is 1. The molecule has 3 rings (SSSR count). The van der Waals surface area contributed by atoms with Gasteiger partial charge in [0.15, 0.2) is 5.78 Å². The molecule has 1 heterocycles. The molecule has 0 unspecified atom stereocenters. The van der Waals surface area contributed by atoms with Gasteiger partial charge in [0.2, 0.25) is 5.95 Å². The van der Waals surface area contributed by atoms with Crippen LogP contribution in [0.3, 0.4) is 0 Å². The minimum atomic E-state index is -0.0876. The van der Waals surface area contributed by atoms with Crippen LogP contribution in [-0.4, -0.2) is 15.3 Å². The van der Waals surface area contributed by atoms with Crippen molar-refractivity contribution in [3.8, 4) is 5.69 Å². The molecule has 21 heavy (non-hydrogen) atoms. The molecule has 0 bridgehead atoms. The first-order valence-electron chi connectivity index (χ1n) is 6.35. The second-order valence-corrected chi connectivity index (χ2v) is 4.95. The number of nitrogen functional groups attached to an aromatic ring is 1. The quantitative estimate of drug-likeness (QED) is 0.754. The van der Waals surface area contributed by atoms with Crippen LogP contribution in [0.2, 0.25) is 5.02 Å². The number of hydrogen-bond donors (Lipinski definition) is 1. The first-order valence-corrected chi connectivity index (χ1v) is 6.73. The van der Waals surface area contributed by atoms with Crippen molar-refractivity contribution in [3.05, 3.63) is 77.1 Å². The minimum absolute atomic E-state index is 0.0876. The van der Waals surface area contributed by atoms with Gasteiger partial charge in [-0.1, -0.05) is 41.9 Å².